The Balaban J connectivity index is 2.95. The van der Waals surface area contributed by atoms with Crippen LogP contribution in [0.2, 0.25) is 5.28 Å². The van der Waals surface area contributed by atoms with E-state index >= 15 is 0 Å². The van der Waals surface area contributed by atoms with Crippen molar-refractivity contribution in [2.75, 3.05) is 0 Å². The third-order valence-electron chi connectivity index (χ3n) is 2.32. The van der Waals surface area contributed by atoms with Gasteiger partial charge in [0.05, 0.1) is 6.20 Å². The molecule has 0 aliphatic rings. The lowest BCUT2D eigenvalue weighted by atomic mass is 10.4. The Labute approximate surface area is 91.3 Å². The first kappa shape index (κ1) is 10.2. The maximum atomic E-state index is 11.9. The van der Waals surface area contributed by atoms with Crippen molar-refractivity contribution in [1.29, 1.82) is 0 Å². The van der Waals surface area contributed by atoms with Gasteiger partial charge in [-0.2, -0.15) is 4.98 Å². The second-order valence-electron chi connectivity index (χ2n) is 3.65. The molecule has 0 aliphatic heterocycles. The van der Waals surface area contributed by atoms with Crippen molar-refractivity contribution in [3.63, 3.8) is 0 Å². The van der Waals surface area contributed by atoms with Gasteiger partial charge >= 0.3 is 5.69 Å². The van der Waals surface area contributed by atoms with Gasteiger partial charge in [0.1, 0.15) is 5.52 Å². The second kappa shape index (κ2) is 3.34. The zero-order chi connectivity index (χ0) is 11.2. The molecule has 2 aromatic heterocycles. The highest BCUT2D eigenvalue weighted by atomic mass is 35.5. The van der Waals surface area contributed by atoms with E-state index in [-0.39, 0.29) is 17.0 Å². The van der Waals surface area contributed by atoms with Gasteiger partial charge in [0, 0.05) is 13.1 Å². The molecule has 6 heteroatoms. The summed E-state index contributed by atoms with van der Waals surface area (Å²) in [5.74, 6) is 0. The average Bonchev–Trinajstić information content (AvgIpc) is 2.39. The second-order valence-corrected chi connectivity index (χ2v) is 3.99. The number of nitrogens with zero attached hydrogens (tertiary/aromatic N) is 4. The summed E-state index contributed by atoms with van der Waals surface area (Å²) in [4.78, 5) is 19.8. The summed E-state index contributed by atoms with van der Waals surface area (Å²) < 4.78 is 3.12. The molecule has 0 unspecified atom stereocenters. The van der Waals surface area contributed by atoms with Gasteiger partial charge in [0.25, 0.3) is 0 Å². The summed E-state index contributed by atoms with van der Waals surface area (Å²) in [5, 5.41) is 0.155. The number of fused-ring (bicyclic) bond motifs is 1. The summed E-state index contributed by atoms with van der Waals surface area (Å²) in [6.45, 7) is 3.85. The van der Waals surface area contributed by atoms with E-state index in [4.69, 9.17) is 11.6 Å². The Morgan fingerprint density at radius 1 is 1.47 bits per heavy atom. The minimum atomic E-state index is -0.100. The number of aryl methyl sites for hydroxylation is 1. The van der Waals surface area contributed by atoms with E-state index < -0.39 is 0 Å². The molecule has 0 amide bonds. The molecule has 0 saturated carbocycles. The molecule has 0 atom stereocenters. The van der Waals surface area contributed by atoms with Crippen LogP contribution in [0.4, 0.5) is 0 Å². The van der Waals surface area contributed by atoms with Gasteiger partial charge in [-0.25, -0.2) is 9.78 Å². The normalized spacial score (nSPS) is 11.5. The predicted molar refractivity (Wildman–Crippen MR) is 58.2 cm³/mol. The van der Waals surface area contributed by atoms with Crippen molar-refractivity contribution in [3.8, 4) is 0 Å². The van der Waals surface area contributed by atoms with E-state index in [9.17, 15) is 4.79 Å². The average molecular weight is 227 g/mol. The summed E-state index contributed by atoms with van der Waals surface area (Å²) in [6.07, 6.45) is 1.56. The first-order chi connectivity index (χ1) is 7.02. The summed E-state index contributed by atoms with van der Waals surface area (Å²) in [6, 6.07) is 0.0483. The van der Waals surface area contributed by atoms with Crippen LogP contribution in [0.1, 0.15) is 19.9 Å². The molecule has 0 fully saturated rings. The third-order valence-corrected chi connectivity index (χ3v) is 2.50. The van der Waals surface area contributed by atoms with Crippen LogP contribution in [0.25, 0.3) is 11.2 Å². The Morgan fingerprint density at radius 3 is 2.73 bits per heavy atom. The minimum Gasteiger partial charge on any atom is -0.292 e. The Hall–Kier alpha value is -1.36. The molecule has 2 heterocycles. The highest BCUT2D eigenvalue weighted by Gasteiger charge is 2.14. The van der Waals surface area contributed by atoms with Crippen LogP contribution < -0.4 is 5.69 Å². The summed E-state index contributed by atoms with van der Waals surface area (Å²) >= 11 is 5.71. The largest absolute Gasteiger partial charge is 0.330 e. The van der Waals surface area contributed by atoms with Crippen molar-refractivity contribution >= 4 is 22.8 Å². The van der Waals surface area contributed by atoms with Crippen molar-refractivity contribution in [3.05, 3.63) is 22.0 Å². The molecular formula is C9H11ClN4O. The van der Waals surface area contributed by atoms with Gasteiger partial charge in [-0.15, -0.1) is 0 Å². The van der Waals surface area contributed by atoms with Crippen LogP contribution in [-0.2, 0) is 7.05 Å². The standard InChI is InChI=1S/C9H11ClN4O/c1-5(2)14-7-6(13(3)9(14)15)4-11-8(10)12-7/h4-5H,1-3H3. The van der Waals surface area contributed by atoms with Crippen LogP contribution in [0.5, 0.6) is 0 Å². The quantitative estimate of drug-likeness (QED) is 0.690. The molecule has 0 spiro atoms. The topological polar surface area (TPSA) is 52.7 Å². The fraction of sp³-hybridized carbons (Fsp3) is 0.444. The van der Waals surface area contributed by atoms with E-state index in [1.807, 2.05) is 13.8 Å². The lowest BCUT2D eigenvalue weighted by Crippen LogP contribution is -2.23. The molecule has 0 radical (unpaired) electrons. The first-order valence-corrected chi connectivity index (χ1v) is 4.99. The van der Waals surface area contributed by atoms with Crippen LogP contribution in [0.15, 0.2) is 11.0 Å². The number of rotatable bonds is 1. The number of halogens is 1. The molecule has 0 N–H and O–H groups in total. The lowest BCUT2D eigenvalue weighted by Gasteiger charge is -2.04. The van der Waals surface area contributed by atoms with Crippen LogP contribution in [0.3, 0.4) is 0 Å². The zero-order valence-corrected chi connectivity index (χ0v) is 9.49. The van der Waals surface area contributed by atoms with Gasteiger partial charge in [0.2, 0.25) is 5.28 Å². The maximum Gasteiger partial charge on any atom is 0.330 e. The Bertz CT molecular complexity index is 569. The minimum absolute atomic E-state index is 0.0483. The van der Waals surface area contributed by atoms with Crippen molar-refractivity contribution in [2.24, 2.45) is 7.05 Å². The van der Waals surface area contributed by atoms with Crippen molar-refractivity contribution < 1.29 is 0 Å². The number of hydrogen-bond acceptors (Lipinski definition) is 3. The van der Waals surface area contributed by atoms with Crippen LogP contribution >= 0.6 is 11.6 Å². The van der Waals surface area contributed by atoms with Gasteiger partial charge in [0.15, 0.2) is 5.65 Å². The number of hydrogen-bond donors (Lipinski definition) is 0. The van der Waals surface area contributed by atoms with Crippen LogP contribution in [0, 0.1) is 0 Å². The molecule has 0 bridgehead atoms. The molecule has 80 valence electrons. The third kappa shape index (κ3) is 1.43. The highest BCUT2D eigenvalue weighted by molar-refractivity contribution is 6.28. The molecule has 2 aromatic rings. The molecule has 0 aromatic carbocycles. The Kier molecular flexibility index (Phi) is 2.26. The van der Waals surface area contributed by atoms with E-state index in [1.165, 1.54) is 4.57 Å². The summed E-state index contributed by atoms with van der Waals surface area (Å²) in [7, 11) is 1.70. The van der Waals surface area contributed by atoms with Gasteiger partial charge in [-0.05, 0) is 25.4 Å². The molecule has 0 saturated heterocycles. The van der Waals surface area contributed by atoms with Gasteiger partial charge in [-0.3, -0.25) is 9.13 Å². The van der Waals surface area contributed by atoms with Crippen LogP contribution in [-0.4, -0.2) is 19.1 Å². The molecule has 2 rings (SSSR count). The Morgan fingerprint density at radius 2 is 2.13 bits per heavy atom. The van der Waals surface area contributed by atoms with Gasteiger partial charge in [-0.1, -0.05) is 0 Å². The van der Waals surface area contributed by atoms with Crippen molar-refractivity contribution in [1.82, 2.24) is 19.1 Å². The maximum absolute atomic E-state index is 11.9. The molecule has 15 heavy (non-hydrogen) atoms. The fourth-order valence-corrected chi connectivity index (χ4v) is 1.71. The zero-order valence-electron chi connectivity index (χ0n) is 8.73. The predicted octanol–water partition coefficient (Wildman–Crippen LogP) is 1.36. The van der Waals surface area contributed by atoms with E-state index in [2.05, 4.69) is 9.97 Å². The molecular weight excluding hydrogens is 216 g/mol. The lowest BCUT2D eigenvalue weighted by molar-refractivity contribution is 0.579. The number of imidazole rings is 1. The molecule has 0 aliphatic carbocycles. The van der Waals surface area contributed by atoms with E-state index in [1.54, 1.807) is 17.8 Å². The van der Waals surface area contributed by atoms with Crippen molar-refractivity contribution in [2.45, 2.75) is 19.9 Å². The number of aromatic nitrogens is 4. The summed E-state index contributed by atoms with van der Waals surface area (Å²) in [5.41, 5.74) is 1.17. The smallest absolute Gasteiger partial charge is 0.292 e. The fourth-order valence-electron chi connectivity index (χ4n) is 1.58. The van der Waals surface area contributed by atoms with Gasteiger partial charge < -0.3 is 0 Å². The first-order valence-electron chi connectivity index (χ1n) is 4.62. The van der Waals surface area contributed by atoms with E-state index in [0.29, 0.717) is 11.2 Å². The highest BCUT2D eigenvalue weighted by Crippen LogP contribution is 2.14. The molecule has 5 nitrogen and oxygen atoms in total. The monoisotopic (exact) mass is 226 g/mol. The van der Waals surface area contributed by atoms with E-state index in [0.717, 1.165) is 0 Å². The SMILES string of the molecule is CC(C)n1c(=O)n(C)c2cnc(Cl)nc21.